The number of hydrogen-bond donors (Lipinski definition) is 0. The van der Waals surface area contributed by atoms with Gasteiger partial charge in [-0.2, -0.15) is 0 Å². The Morgan fingerprint density at radius 1 is 0.897 bits per heavy atom. The summed E-state index contributed by atoms with van der Waals surface area (Å²) in [4.78, 5) is 40.9. The fraction of sp³-hybridized carbons (Fsp3) is 0.423. The van der Waals surface area contributed by atoms with Crippen molar-refractivity contribution in [2.75, 3.05) is 39.4 Å². The number of hydrogen-bond acceptors (Lipinski definition) is 10. The Morgan fingerprint density at radius 2 is 1.44 bits per heavy atom. The molecule has 1 unspecified atom stereocenters. The van der Waals surface area contributed by atoms with Crippen LogP contribution < -0.4 is 0 Å². The monoisotopic (exact) mass is 692 g/mol. The van der Waals surface area contributed by atoms with Crippen molar-refractivity contribution in [3.05, 3.63) is 63.1 Å². The molecule has 2 aromatic heterocycles. The van der Waals surface area contributed by atoms with Crippen LogP contribution in [0.4, 0.5) is 0 Å². The number of nitrogens with zero attached hydrogens (tertiary/aromatic N) is 2. The van der Waals surface area contributed by atoms with Crippen molar-refractivity contribution in [2.45, 2.75) is 34.6 Å². The normalized spacial score (nSPS) is 12.1. The van der Waals surface area contributed by atoms with Crippen LogP contribution in [0.15, 0.2) is 51.9 Å². The van der Waals surface area contributed by atoms with Crippen LogP contribution in [0.25, 0.3) is 5.57 Å². The summed E-state index contributed by atoms with van der Waals surface area (Å²) in [6.07, 6.45) is 4.48. The van der Waals surface area contributed by atoms with E-state index in [1.165, 1.54) is 20.1 Å². The third kappa shape index (κ3) is 17.1. The molecule has 0 N–H and O–H groups in total. The van der Waals surface area contributed by atoms with E-state index >= 15 is 0 Å². The number of halogens is 2. The highest BCUT2D eigenvalue weighted by molar-refractivity contribution is 9.10. The molecule has 0 aliphatic carbocycles. The van der Waals surface area contributed by atoms with E-state index in [1.54, 1.807) is 45.3 Å². The largest absolute Gasteiger partial charge is 0.466 e. The SMILES string of the molecule is CC(=O)c1ccnc(Br)c1.CCOC(=O)/C=C(/C)c1ccnc(Br)c1.CCOC(=O)CP(=O)(COC)OCC. The molecule has 0 radical (unpaired) electrons. The lowest BCUT2D eigenvalue weighted by atomic mass is 10.1. The minimum absolute atomic E-state index is 0.0559. The Labute approximate surface area is 246 Å². The lowest BCUT2D eigenvalue weighted by Crippen LogP contribution is -2.13. The summed E-state index contributed by atoms with van der Waals surface area (Å²) in [6.45, 7) is 9.54. The fourth-order valence-corrected chi connectivity index (χ4v) is 5.01. The van der Waals surface area contributed by atoms with Gasteiger partial charge in [0.2, 0.25) is 7.37 Å². The maximum absolute atomic E-state index is 11.9. The van der Waals surface area contributed by atoms with Crippen molar-refractivity contribution in [1.82, 2.24) is 9.97 Å². The molecular formula is C26H35Br2N2O8P. The summed E-state index contributed by atoms with van der Waals surface area (Å²) in [7, 11) is -1.59. The molecule has 0 bridgehead atoms. The highest BCUT2D eigenvalue weighted by Gasteiger charge is 2.27. The fourth-order valence-electron chi connectivity index (χ4n) is 2.68. The molecule has 2 heterocycles. The summed E-state index contributed by atoms with van der Waals surface area (Å²) >= 11 is 6.44. The van der Waals surface area contributed by atoms with Crippen molar-refractivity contribution < 1.29 is 37.7 Å². The second-order valence-corrected chi connectivity index (χ2v) is 11.6. The molecule has 0 saturated heterocycles. The Morgan fingerprint density at radius 3 is 1.87 bits per heavy atom. The van der Waals surface area contributed by atoms with Crippen LogP contribution in [0.5, 0.6) is 0 Å². The number of aromatic nitrogens is 2. The molecule has 0 aromatic carbocycles. The van der Waals surface area contributed by atoms with Gasteiger partial charge in [0, 0.05) is 31.1 Å². The molecule has 0 aliphatic heterocycles. The highest BCUT2D eigenvalue weighted by atomic mass is 79.9. The zero-order valence-corrected chi connectivity index (χ0v) is 27.0. The minimum atomic E-state index is -3.00. The van der Waals surface area contributed by atoms with Crippen LogP contribution in [-0.4, -0.2) is 67.1 Å². The summed E-state index contributed by atoms with van der Waals surface area (Å²) < 4.78 is 32.6. The first-order chi connectivity index (χ1) is 18.4. The Kier molecular flexibility index (Phi) is 19.4. The van der Waals surface area contributed by atoms with Crippen molar-refractivity contribution in [3.8, 4) is 0 Å². The Hall–Kier alpha value is -2.24. The number of allylic oxidation sites excluding steroid dienone is 1. The molecule has 2 rings (SSSR count). The number of carbonyl (C=O) groups excluding carboxylic acids is 3. The van der Waals surface area contributed by atoms with E-state index in [2.05, 4.69) is 46.6 Å². The predicted molar refractivity (Wildman–Crippen MR) is 157 cm³/mol. The van der Waals surface area contributed by atoms with Gasteiger partial charge in [-0.3, -0.25) is 14.2 Å². The molecule has 13 heteroatoms. The molecule has 39 heavy (non-hydrogen) atoms. The van der Waals surface area contributed by atoms with E-state index in [-0.39, 0.29) is 30.9 Å². The molecule has 0 aliphatic rings. The Bertz CT molecular complexity index is 1130. The standard InChI is InChI=1S/C11H12BrNO2.C8H17O5P.C7H6BrNO/c1-3-15-11(14)6-8(2)9-4-5-13-10(12)7-9;1-4-12-8(9)6-14(10,7-11-3)13-5-2;1-5(10)6-2-3-9-7(8)4-6/h4-7H,3H2,1-2H3;4-7H2,1-3H3;2-4H,1H3/b8-6-;;. The maximum Gasteiger partial charge on any atom is 0.331 e. The lowest BCUT2D eigenvalue weighted by Gasteiger charge is -2.15. The van der Waals surface area contributed by atoms with Crippen molar-refractivity contribution in [3.63, 3.8) is 0 Å². The number of ether oxygens (including phenoxy) is 3. The molecule has 1 atom stereocenters. The van der Waals surface area contributed by atoms with Gasteiger partial charge in [-0.1, -0.05) is 0 Å². The Balaban J connectivity index is 0.000000566. The summed E-state index contributed by atoms with van der Waals surface area (Å²) in [5.74, 6) is -0.771. The second-order valence-electron chi connectivity index (χ2n) is 7.48. The van der Waals surface area contributed by atoms with Gasteiger partial charge in [-0.15, -0.1) is 0 Å². The second kappa shape index (κ2) is 20.6. The zero-order valence-electron chi connectivity index (χ0n) is 22.9. The minimum Gasteiger partial charge on any atom is -0.466 e. The molecule has 0 spiro atoms. The zero-order chi connectivity index (χ0) is 29.8. The van der Waals surface area contributed by atoms with Crippen molar-refractivity contribution >= 4 is 62.5 Å². The number of pyridine rings is 2. The molecule has 216 valence electrons. The molecule has 0 amide bonds. The van der Waals surface area contributed by atoms with Crippen molar-refractivity contribution in [1.29, 1.82) is 0 Å². The van der Waals surface area contributed by atoms with E-state index in [9.17, 15) is 18.9 Å². The number of carbonyl (C=O) groups is 3. The topological polar surface area (TPSA) is 131 Å². The molecular weight excluding hydrogens is 659 g/mol. The highest BCUT2D eigenvalue weighted by Crippen LogP contribution is 2.46. The number of methoxy groups -OCH3 is 1. The van der Waals surface area contributed by atoms with Gasteiger partial charge < -0.3 is 18.7 Å². The molecule has 0 fully saturated rings. The quantitative estimate of drug-likeness (QED) is 0.0866. The van der Waals surface area contributed by atoms with Crippen LogP contribution in [-0.2, 0) is 32.9 Å². The molecule has 0 saturated carbocycles. The van der Waals surface area contributed by atoms with Crippen LogP contribution in [0.3, 0.4) is 0 Å². The third-order valence-electron chi connectivity index (χ3n) is 4.30. The van der Waals surface area contributed by atoms with E-state index < -0.39 is 13.3 Å². The van der Waals surface area contributed by atoms with Gasteiger partial charge in [0.05, 0.1) is 19.8 Å². The van der Waals surface area contributed by atoms with Gasteiger partial charge in [-0.25, -0.2) is 14.8 Å². The van der Waals surface area contributed by atoms with Gasteiger partial charge in [-0.05, 0) is 102 Å². The summed E-state index contributed by atoms with van der Waals surface area (Å²) in [5.41, 5.74) is 2.49. The number of Topliss-reactive ketones (excluding diaryl/α,β-unsaturated/α-hetero) is 1. The number of esters is 2. The smallest absolute Gasteiger partial charge is 0.331 e. The van der Waals surface area contributed by atoms with Crippen LogP contribution in [0, 0.1) is 0 Å². The van der Waals surface area contributed by atoms with Crippen LogP contribution in [0.1, 0.15) is 50.5 Å². The van der Waals surface area contributed by atoms with E-state index in [0.717, 1.165) is 15.7 Å². The van der Waals surface area contributed by atoms with Crippen molar-refractivity contribution in [2.24, 2.45) is 0 Å². The summed E-state index contributed by atoms with van der Waals surface area (Å²) in [5, 5.41) is 0. The maximum atomic E-state index is 11.9. The van der Waals surface area contributed by atoms with Crippen LogP contribution in [0.2, 0.25) is 0 Å². The van der Waals surface area contributed by atoms with Gasteiger partial charge in [0.15, 0.2) is 5.78 Å². The first kappa shape index (κ1) is 36.8. The predicted octanol–water partition coefficient (Wildman–Crippen LogP) is 6.33. The van der Waals surface area contributed by atoms with Gasteiger partial charge in [0.1, 0.15) is 21.7 Å². The van der Waals surface area contributed by atoms with E-state index in [4.69, 9.17) is 14.0 Å². The molecule has 2 aromatic rings. The number of ketones is 1. The van der Waals surface area contributed by atoms with E-state index in [0.29, 0.717) is 23.4 Å². The average molecular weight is 694 g/mol. The van der Waals surface area contributed by atoms with Gasteiger partial charge >= 0.3 is 11.9 Å². The molecule has 10 nitrogen and oxygen atoms in total. The van der Waals surface area contributed by atoms with Gasteiger partial charge in [0.25, 0.3) is 0 Å². The number of rotatable bonds is 11. The van der Waals surface area contributed by atoms with E-state index in [1.807, 2.05) is 19.1 Å². The summed E-state index contributed by atoms with van der Waals surface area (Å²) in [6, 6.07) is 7.08. The first-order valence-electron chi connectivity index (χ1n) is 11.9. The average Bonchev–Trinajstić information content (AvgIpc) is 2.85. The van der Waals surface area contributed by atoms with Crippen LogP contribution >= 0.6 is 39.2 Å². The lowest BCUT2D eigenvalue weighted by molar-refractivity contribution is -0.140. The first-order valence-corrected chi connectivity index (χ1v) is 15.5. The third-order valence-corrected chi connectivity index (χ3v) is 7.29.